The zero-order chi connectivity index (χ0) is 15.2. The van der Waals surface area contributed by atoms with Gasteiger partial charge in [0.15, 0.2) is 6.17 Å². The van der Waals surface area contributed by atoms with Crippen LogP contribution in [0.2, 0.25) is 0 Å². The zero-order valence-corrected chi connectivity index (χ0v) is 15.6. The molecule has 0 fully saturated rings. The molecule has 0 radical (unpaired) electrons. The van der Waals surface area contributed by atoms with Crippen LogP contribution < -0.4 is 0 Å². The van der Waals surface area contributed by atoms with Crippen molar-refractivity contribution in [1.29, 1.82) is 0 Å². The first-order valence-corrected chi connectivity index (χ1v) is 7.94. The molecule has 0 amide bonds. The van der Waals surface area contributed by atoms with E-state index in [4.69, 9.17) is 92.8 Å². The highest BCUT2D eigenvalue weighted by atomic mass is 35.6. The van der Waals surface area contributed by atoms with E-state index in [0.717, 1.165) is 0 Å². The summed E-state index contributed by atoms with van der Waals surface area (Å²) in [5, 5.41) is 5.57. The standard InChI is InChI=1S/C8H9Cl8N3/c1-4(2)19-5(6(9,10)7(11,12)13)18(3-17-19)8(14,15)16/h3-5H,1-2H3. The van der Waals surface area contributed by atoms with Gasteiger partial charge in [0.1, 0.15) is 6.34 Å². The summed E-state index contributed by atoms with van der Waals surface area (Å²) in [6.07, 6.45) is 0.323. The van der Waals surface area contributed by atoms with Crippen LogP contribution in [0.15, 0.2) is 5.10 Å². The second-order valence-electron chi connectivity index (χ2n) is 4.07. The van der Waals surface area contributed by atoms with E-state index in [-0.39, 0.29) is 6.04 Å². The quantitative estimate of drug-likeness (QED) is 0.445. The van der Waals surface area contributed by atoms with Gasteiger partial charge in [-0.2, -0.15) is 5.10 Å². The minimum Gasteiger partial charge on any atom is -0.291 e. The third-order valence-electron chi connectivity index (χ3n) is 2.35. The molecule has 0 aromatic carbocycles. The molecule has 0 saturated heterocycles. The van der Waals surface area contributed by atoms with Crippen molar-refractivity contribution in [2.75, 3.05) is 0 Å². The fourth-order valence-corrected chi connectivity index (χ4v) is 2.59. The summed E-state index contributed by atoms with van der Waals surface area (Å²) in [5.41, 5.74) is 0. The van der Waals surface area contributed by atoms with Crippen LogP contribution in [0.3, 0.4) is 0 Å². The molecule has 1 unspecified atom stereocenters. The van der Waals surface area contributed by atoms with Gasteiger partial charge in [0.25, 0.3) is 3.92 Å². The van der Waals surface area contributed by atoms with Crippen LogP contribution in [-0.2, 0) is 0 Å². The minimum absolute atomic E-state index is 0.108. The average Bonchev–Trinajstić information content (AvgIpc) is 2.58. The van der Waals surface area contributed by atoms with Crippen LogP contribution in [0.4, 0.5) is 0 Å². The lowest BCUT2D eigenvalue weighted by atomic mass is 10.2. The Hall–Kier alpha value is 1.59. The molecular weight excluding hydrogens is 422 g/mol. The predicted molar refractivity (Wildman–Crippen MR) is 86.1 cm³/mol. The Morgan fingerprint density at radius 2 is 1.47 bits per heavy atom. The van der Waals surface area contributed by atoms with E-state index in [0.29, 0.717) is 0 Å². The molecule has 1 rings (SSSR count). The Morgan fingerprint density at radius 1 is 1.00 bits per heavy atom. The highest BCUT2D eigenvalue weighted by molar-refractivity contribution is 6.76. The molecule has 0 bridgehead atoms. The molecule has 0 aromatic rings. The zero-order valence-electron chi connectivity index (χ0n) is 9.60. The summed E-state index contributed by atoms with van der Waals surface area (Å²) >= 11 is 47.4. The van der Waals surface area contributed by atoms with E-state index >= 15 is 0 Å². The van der Waals surface area contributed by atoms with E-state index in [1.54, 1.807) is 0 Å². The van der Waals surface area contributed by atoms with E-state index in [9.17, 15) is 0 Å². The number of hydrogen-bond donors (Lipinski definition) is 0. The average molecular weight is 431 g/mol. The molecule has 0 aromatic heterocycles. The van der Waals surface area contributed by atoms with E-state index in [1.807, 2.05) is 13.8 Å². The first-order chi connectivity index (χ1) is 8.30. The van der Waals surface area contributed by atoms with Crippen LogP contribution >= 0.6 is 92.8 Å². The molecule has 1 heterocycles. The Labute approximate surface area is 151 Å². The van der Waals surface area contributed by atoms with Crippen molar-refractivity contribution in [1.82, 2.24) is 9.91 Å². The SMILES string of the molecule is CC(C)N1N=CN(C(Cl)(Cl)Cl)C1C(Cl)(Cl)C(Cl)(Cl)Cl. The van der Waals surface area contributed by atoms with Crippen molar-refractivity contribution in [2.45, 2.75) is 38.1 Å². The summed E-state index contributed by atoms with van der Waals surface area (Å²) in [6, 6.07) is -0.108. The lowest BCUT2D eigenvalue weighted by Crippen LogP contribution is -2.60. The van der Waals surface area contributed by atoms with Gasteiger partial charge in [-0.25, -0.2) is 0 Å². The first kappa shape index (κ1) is 18.6. The molecular formula is C8H9Cl8N3. The van der Waals surface area contributed by atoms with Gasteiger partial charge < -0.3 is 0 Å². The second kappa shape index (κ2) is 6.00. The smallest absolute Gasteiger partial charge is 0.270 e. The molecule has 0 spiro atoms. The maximum absolute atomic E-state index is 6.19. The van der Waals surface area contributed by atoms with E-state index in [1.165, 1.54) is 16.2 Å². The van der Waals surface area contributed by atoms with Crippen LogP contribution in [-0.4, -0.2) is 40.5 Å². The Kier molecular flexibility index (Phi) is 5.89. The fraction of sp³-hybridized carbons (Fsp3) is 0.875. The molecule has 19 heavy (non-hydrogen) atoms. The molecule has 1 aliphatic rings. The number of alkyl halides is 8. The van der Waals surface area contributed by atoms with Crippen molar-refractivity contribution < 1.29 is 0 Å². The number of nitrogens with zero attached hydrogens (tertiary/aromatic N) is 3. The van der Waals surface area contributed by atoms with Gasteiger partial charge in [0.05, 0.1) is 0 Å². The number of halogens is 8. The molecule has 1 atom stereocenters. The normalized spacial score (nSPS) is 21.7. The van der Waals surface area contributed by atoms with Gasteiger partial charge in [-0.3, -0.25) is 9.91 Å². The number of rotatable bonds is 2. The summed E-state index contributed by atoms with van der Waals surface area (Å²) in [4.78, 5) is 1.19. The Balaban J connectivity index is 3.23. The van der Waals surface area contributed by atoms with Gasteiger partial charge in [-0.15, -0.1) is 0 Å². The third kappa shape index (κ3) is 3.87. The van der Waals surface area contributed by atoms with Crippen LogP contribution in [0, 0.1) is 0 Å². The molecule has 0 saturated carbocycles. The lowest BCUT2D eigenvalue weighted by molar-refractivity contribution is 0.0849. The van der Waals surface area contributed by atoms with Gasteiger partial charge in [0, 0.05) is 6.04 Å². The van der Waals surface area contributed by atoms with Gasteiger partial charge in [-0.05, 0) is 13.8 Å². The topological polar surface area (TPSA) is 18.8 Å². The lowest BCUT2D eigenvalue weighted by Gasteiger charge is -2.44. The van der Waals surface area contributed by atoms with Gasteiger partial charge in [0.2, 0.25) is 8.13 Å². The predicted octanol–water partition coefficient (Wildman–Crippen LogP) is 5.15. The summed E-state index contributed by atoms with van der Waals surface area (Å²) in [6.45, 7) is 3.68. The van der Waals surface area contributed by atoms with Crippen LogP contribution in [0.25, 0.3) is 0 Å². The van der Waals surface area contributed by atoms with Gasteiger partial charge in [-0.1, -0.05) is 92.8 Å². The van der Waals surface area contributed by atoms with E-state index in [2.05, 4.69) is 5.10 Å². The molecule has 1 aliphatic heterocycles. The van der Waals surface area contributed by atoms with Crippen molar-refractivity contribution in [2.24, 2.45) is 5.10 Å². The maximum Gasteiger partial charge on any atom is 0.270 e. The van der Waals surface area contributed by atoms with Crippen molar-refractivity contribution >= 4 is 99.1 Å². The monoisotopic (exact) mass is 427 g/mol. The maximum atomic E-state index is 6.19. The highest BCUT2D eigenvalue weighted by Crippen LogP contribution is 2.53. The van der Waals surface area contributed by atoms with Crippen LogP contribution in [0.1, 0.15) is 13.8 Å². The first-order valence-electron chi connectivity index (χ1n) is 4.92. The third-order valence-corrected chi connectivity index (χ3v) is 5.37. The van der Waals surface area contributed by atoms with Gasteiger partial charge >= 0.3 is 0 Å². The van der Waals surface area contributed by atoms with E-state index < -0.39 is 18.2 Å². The molecule has 0 N–H and O–H groups in total. The molecule has 112 valence electrons. The largest absolute Gasteiger partial charge is 0.291 e. The van der Waals surface area contributed by atoms with Crippen molar-refractivity contribution in [3.8, 4) is 0 Å². The number of hydrogen-bond acceptors (Lipinski definition) is 3. The highest BCUT2D eigenvalue weighted by Gasteiger charge is 2.60. The van der Waals surface area contributed by atoms with Crippen molar-refractivity contribution in [3.63, 3.8) is 0 Å². The van der Waals surface area contributed by atoms with Crippen LogP contribution in [0.5, 0.6) is 0 Å². The molecule has 3 nitrogen and oxygen atoms in total. The summed E-state index contributed by atoms with van der Waals surface area (Å²) < 4.78 is -5.75. The molecule has 11 heteroatoms. The number of hydrazone groups is 1. The summed E-state index contributed by atoms with van der Waals surface area (Å²) in [5.74, 6) is 0. The Morgan fingerprint density at radius 3 is 1.79 bits per heavy atom. The Bertz CT molecular complexity index is 358. The summed E-state index contributed by atoms with van der Waals surface area (Å²) in [7, 11) is 0. The second-order valence-corrected chi connectivity index (χ2v) is 9.96. The van der Waals surface area contributed by atoms with Crippen molar-refractivity contribution in [3.05, 3.63) is 0 Å². The minimum atomic E-state index is -2.02. The fourth-order valence-electron chi connectivity index (χ4n) is 1.48. The molecule has 0 aliphatic carbocycles.